The number of hydrogen-bond acceptors (Lipinski definition) is 3. The summed E-state index contributed by atoms with van der Waals surface area (Å²) >= 11 is 7.55. The normalized spacial score (nSPS) is 13.8. The number of halogens is 1. The van der Waals surface area contributed by atoms with Crippen molar-refractivity contribution in [2.24, 2.45) is 4.99 Å². The van der Waals surface area contributed by atoms with Gasteiger partial charge in [-0.3, -0.25) is 4.99 Å². The van der Waals surface area contributed by atoms with E-state index in [1.54, 1.807) is 11.3 Å². The number of benzene rings is 1. The van der Waals surface area contributed by atoms with E-state index in [0.717, 1.165) is 58.9 Å². The van der Waals surface area contributed by atoms with Crippen LogP contribution in [0.4, 0.5) is 5.69 Å². The zero-order valence-electron chi connectivity index (χ0n) is 15.8. The lowest BCUT2D eigenvalue weighted by atomic mass is 9.95. The van der Waals surface area contributed by atoms with Crippen molar-refractivity contribution in [1.82, 2.24) is 4.57 Å². The van der Waals surface area contributed by atoms with Crippen LogP contribution in [0.15, 0.2) is 35.3 Å². The molecule has 0 unspecified atom stereocenters. The van der Waals surface area contributed by atoms with E-state index in [4.69, 9.17) is 11.6 Å². The van der Waals surface area contributed by atoms with Gasteiger partial charge in [0, 0.05) is 33.1 Å². The molecule has 2 aromatic heterocycles. The molecule has 0 amide bonds. The summed E-state index contributed by atoms with van der Waals surface area (Å²) in [5.41, 5.74) is 5.32. The Kier molecular flexibility index (Phi) is 5.13. The number of rotatable bonds is 4. The molecule has 1 aromatic carbocycles. The van der Waals surface area contributed by atoms with Crippen molar-refractivity contribution in [1.29, 1.82) is 0 Å². The number of fused-ring (bicyclic) bond motifs is 1. The van der Waals surface area contributed by atoms with Crippen LogP contribution in [0, 0.1) is 13.8 Å². The highest BCUT2D eigenvalue weighted by atomic mass is 35.5. The number of carboxylic acids is 1. The van der Waals surface area contributed by atoms with Gasteiger partial charge in [0.25, 0.3) is 0 Å². The average Bonchev–Trinajstić information content (AvgIpc) is 3.18. The Bertz CT molecular complexity index is 1080. The number of carbonyl (C=O) groups is 1. The van der Waals surface area contributed by atoms with Gasteiger partial charge in [-0.25, -0.2) is 4.79 Å². The smallest absolute Gasteiger partial charge is 0.339 e. The molecule has 0 radical (unpaired) electrons. The van der Waals surface area contributed by atoms with Gasteiger partial charge >= 0.3 is 5.97 Å². The Morgan fingerprint density at radius 1 is 1.21 bits per heavy atom. The molecule has 0 spiro atoms. The Morgan fingerprint density at radius 3 is 2.64 bits per heavy atom. The third kappa shape index (κ3) is 3.40. The molecule has 0 fully saturated rings. The summed E-state index contributed by atoms with van der Waals surface area (Å²) in [7, 11) is 0. The van der Waals surface area contributed by atoms with Crippen molar-refractivity contribution >= 4 is 40.8 Å². The first kappa shape index (κ1) is 19.0. The molecule has 2 heterocycles. The second kappa shape index (κ2) is 7.57. The van der Waals surface area contributed by atoms with E-state index < -0.39 is 5.97 Å². The first-order chi connectivity index (χ1) is 13.5. The quantitative estimate of drug-likeness (QED) is 0.523. The van der Waals surface area contributed by atoms with Crippen LogP contribution in [-0.4, -0.2) is 21.9 Å². The molecule has 1 N–H and O–H groups in total. The number of aromatic nitrogens is 1. The SMILES string of the molecule is Cc1cc(C=Nc2ccc(Cl)cc2)c(C)n1-c1sc2c(c1C(=O)O)CCCC2. The molecule has 28 heavy (non-hydrogen) atoms. The van der Waals surface area contributed by atoms with Gasteiger partial charge in [0.1, 0.15) is 5.00 Å². The van der Waals surface area contributed by atoms with Crippen LogP contribution in [0.2, 0.25) is 5.02 Å². The molecule has 0 bridgehead atoms. The topological polar surface area (TPSA) is 54.6 Å². The van der Waals surface area contributed by atoms with Crippen molar-refractivity contribution < 1.29 is 9.90 Å². The minimum atomic E-state index is -0.835. The maximum atomic E-state index is 12.1. The fraction of sp³-hybridized carbons (Fsp3) is 0.273. The van der Waals surface area contributed by atoms with Crippen molar-refractivity contribution in [3.8, 4) is 5.00 Å². The van der Waals surface area contributed by atoms with Crippen LogP contribution in [-0.2, 0) is 12.8 Å². The van der Waals surface area contributed by atoms with Gasteiger partial charge in [-0.15, -0.1) is 11.3 Å². The van der Waals surface area contributed by atoms with Gasteiger partial charge in [-0.2, -0.15) is 0 Å². The van der Waals surface area contributed by atoms with Gasteiger partial charge in [0.15, 0.2) is 0 Å². The van der Waals surface area contributed by atoms with Crippen LogP contribution in [0.25, 0.3) is 5.00 Å². The second-order valence-corrected chi connectivity index (χ2v) is 8.61. The molecule has 0 aliphatic heterocycles. The monoisotopic (exact) mass is 412 g/mol. The van der Waals surface area contributed by atoms with E-state index in [9.17, 15) is 9.90 Å². The molecule has 4 nitrogen and oxygen atoms in total. The van der Waals surface area contributed by atoms with E-state index in [2.05, 4.69) is 15.6 Å². The number of aromatic carboxylic acids is 1. The molecule has 0 atom stereocenters. The highest BCUT2D eigenvalue weighted by molar-refractivity contribution is 7.15. The molecular weight excluding hydrogens is 392 g/mol. The summed E-state index contributed by atoms with van der Waals surface area (Å²) in [6, 6.07) is 9.42. The summed E-state index contributed by atoms with van der Waals surface area (Å²) in [6.07, 6.45) is 5.86. The minimum absolute atomic E-state index is 0.475. The summed E-state index contributed by atoms with van der Waals surface area (Å²) in [4.78, 5) is 17.8. The zero-order chi connectivity index (χ0) is 19.8. The predicted molar refractivity (Wildman–Crippen MR) is 115 cm³/mol. The Labute approximate surface area is 173 Å². The minimum Gasteiger partial charge on any atom is -0.478 e. The number of carboxylic acid groups (broad SMARTS) is 1. The summed E-state index contributed by atoms with van der Waals surface area (Å²) in [5.74, 6) is -0.835. The average molecular weight is 413 g/mol. The first-order valence-corrected chi connectivity index (χ1v) is 10.5. The number of nitrogens with zero attached hydrogens (tertiary/aromatic N) is 2. The molecule has 0 saturated heterocycles. The molecule has 4 rings (SSSR count). The van der Waals surface area contributed by atoms with E-state index in [1.807, 2.05) is 44.3 Å². The Hall–Kier alpha value is -2.37. The van der Waals surface area contributed by atoms with E-state index in [1.165, 1.54) is 4.88 Å². The van der Waals surface area contributed by atoms with Gasteiger partial charge in [0.2, 0.25) is 0 Å². The van der Waals surface area contributed by atoms with Crippen LogP contribution >= 0.6 is 22.9 Å². The largest absolute Gasteiger partial charge is 0.478 e. The summed E-state index contributed by atoms with van der Waals surface area (Å²) in [5, 5.41) is 11.4. The van der Waals surface area contributed by atoms with Crippen LogP contribution in [0.5, 0.6) is 0 Å². The van der Waals surface area contributed by atoms with Gasteiger partial charge in [-0.1, -0.05) is 11.6 Å². The molecule has 6 heteroatoms. The molecule has 3 aromatic rings. The lowest BCUT2D eigenvalue weighted by Crippen LogP contribution is -2.09. The molecule has 0 saturated carbocycles. The van der Waals surface area contributed by atoms with Crippen LogP contribution < -0.4 is 0 Å². The standard InChI is InChI=1S/C22H21ClN2O2S/c1-13-11-15(12-24-17-9-7-16(23)8-10-17)14(2)25(13)21-20(22(26)27)18-5-3-4-6-19(18)28-21/h7-12H,3-6H2,1-2H3,(H,26,27). The van der Waals surface area contributed by atoms with Crippen molar-refractivity contribution in [2.45, 2.75) is 39.5 Å². The van der Waals surface area contributed by atoms with Crippen LogP contribution in [0.3, 0.4) is 0 Å². The van der Waals surface area contributed by atoms with E-state index >= 15 is 0 Å². The van der Waals surface area contributed by atoms with Gasteiger partial charge in [-0.05, 0) is 75.4 Å². The number of aliphatic imine (C=N–C) groups is 1. The highest BCUT2D eigenvalue weighted by Gasteiger charge is 2.27. The lowest BCUT2D eigenvalue weighted by Gasteiger charge is -2.11. The third-order valence-corrected chi connectivity index (χ3v) is 6.75. The van der Waals surface area contributed by atoms with Crippen molar-refractivity contribution in [3.05, 3.63) is 68.3 Å². The predicted octanol–water partition coefficient (Wildman–Crippen LogP) is 6.14. The number of aryl methyl sites for hydroxylation is 2. The maximum Gasteiger partial charge on any atom is 0.339 e. The fourth-order valence-electron chi connectivity index (χ4n) is 3.83. The third-order valence-electron chi connectivity index (χ3n) is 5.22. The zero-order valence-corrected chi connectivity index (χ0v) is 17.4. The second-order valence-electron chi connectivity index (χ2n) is 7.09. The van der Waals surface area contributed by atoms with Gasteiger partial charge < -0.3 is 9.67 Å². The van der Waals surface area contributed by atoms with Crippen molar-refractivity contribution in [3.63, 3.8) is 0 Å². The summed E-state index contributed by atoms with van der Waals surface area (Å²) in [6.45, 7) is 4.03. The summed E-state index contributed by atoms with van der Waals surface area (Å²) < 4.78 is 2.07. The molecule has 144 valence electrons. The molecular formula is C22H21ClN2O2S. The van der Waals surface area contributed by atoms with Gasteiger partial charge in [0.05, 0.1) is 11.3 Å². The number of thiophene rings is 1. The Balaban J connectivity index is 1.77. The van der Waals surface area contributed by atoms with Crippen LogP contribution in [0.1, 0.15) is 50.6 Å². The first-order valence-electron chi connectivity index (χ1n) is 9.32. The fourth-order valence-corrected chi connectivity index (χ4v) is 5.45. The number of hydrogen-bond donors (Lipinski definition) is 1. The highest BCUT2D eigenvalue weighted by Crippen LogP contribution is 2.38. The maximum absolute atomic E-state index is 12.1. The Morgan fingerprint density at radius 2 is 1.93 bits per heavy atom. The molecule has 1 aliphatic rings. The van der Waals surface area contributed by atoms with Crippen molar-refractivity contribution in [2.75, 3.05) is 0 Å². The molecule has 1 aliphatic carbocycles. The van der Waals surface area contributed by atoms with E-state index in [0.29, 0.717) is 10.6 Å². The van der Waals surface area contributed by atoms with E-state index in [-0.39, 0.29) is 0 Å². The lowest BCUT2D eigenvalue weighted by molar-refractivity contribution is 0.0696.